The molecule has 1 saturated heterocycles. The summed E-state index contributed by atoms with van der Waals surface area (Å²) in [4.78, 5) is 18.8. The van der Waals surface area contributed by atoms with E-state index in [0.29, 0.717) is 17.5 Å². The van der Waals surface area contributed by atoms with Crippen LogP contribution in [0.5, 0.6) is 0 Å². The third-order valence-electron chi connectivity index (χ3n) is 6.16. The van der Waals surface area contributed by atoms with E-state index < -0.39 is 10.0 Å². The summed E-state index contributed by atoms with van der Waals surface area (Å²) in [5.74, 6) is 0.797. The predicted molar refractivity (Wildman–Crippen MR) is 114 cm³/mol. The zero-order chi connectivity index (χ0) is 20.8. The van der Waals surface area contributed by atoms with E-state index in [1.165, 1.54) is 0 Å². The van der Waals surface area contributed by atoms with Gasteiger partial charge in [-0.2, -0.15) is 0 Å². The van der Waals surface area contributed by atoms with Crippen molar-refractivity contribution >= 4 is 27.7 Å². The summed E-state index contributed by atoms with van der Waals surface area (Å²) in [6, 6.07) is 13.3. The first-order valence-corrected chi connectivity index (χ1v) is 11.5. The van der Waals surface area contributed by atoms with Crippen molar-refractivity contribution in [3.8, 4) is 0 Å². The van der Waals surface area contributed by atoms with Gasteiger partial charge in [0.15, 0.2) is 0 Å². The summed E-state index contributed by atoms with van der Waals surface area (Å²) in [5, 5.41) is 0. The number of nitrogens with one attached hydrogen (secondary N) is 1. The van der Waals surface area contributed by atoms with Gasteiger partial charge < -0.3 is 4.90 Å². The highest BCUT2D eigenvalue weighted by molar-refractivity contribution is 7.92. The van der Waals surface area contributed by atoms with Gasteiger partial charge in [-0.3, -0.25) is 14.5 Å². The summed E-state index contributed by atoms with van der Waals surface area (Å²) < 4.78 is 25.6. The van der Waals surface area contributed by atoms with E-state index in [2.05, 4.69) is 16.6 Å². The summed E-state index contributed by atoms with van der Waals surface area (Å²) in [6.45, 7) is 5.56. The molecule has 1 aromatic heterocycles. The van der Waals surface area contributed by atoms with Crippen LogP contribution in [0.25, 0.3) is 6.08 Å². The van der Waals surface area contributed by atoms with Gasteiger partial charge in [0, 0.05) is 36.0 Å². The molecule has 6 nitrogen and oxygen atoms in total. The number of fused-ring (bicyclic) bond motifs is 1. The second-order valence-corrected chi connectivity index (χ2v) is 9.98. The third-order valence-corrected chi connectivity index (χ3v) is 6.76. The van der Waals surface area contributed by atoms with Crippen LogP contribution in [0.4, 0.5) is 5.69 Å². The Kier molecular flexibility index (Phi) is 4.73. The van der Waals surface area contributed by atoms with Gasteiger partial charge in [0.1, 0.15) is 0 Å². The highest BCUT2D eigenvalue weighted by atomic mass is 32.2. The van der Waals surface area contributed by atoms with Crippen LogP contribution in [-0.2, 0) is 20.2 Å². The highest BCUT2D eigenvalue weighted by Crippen LogP contribution is 2.63. The van der Waals surface area contributed by atoms with E-state index in [-0.39, 0.29) is 11.3 Å². The first-order chi connectivity index (χ1) is 13.7. The summed E-state index contributed by atoms with van der Waals surface area (Å²) in [6.07, 6.45) is 4.51. The Labute approximate surface area is 171 Å². The summed E-state index contributed by atoms with van der Waals surface area (Å²) in [7, 11) is -3.31. The standard InChI is InChI=1S/C22H25N3O3S/c1-15-6-4-8-17(23-15)10-11-21(26)25-13-19-20(14-25)22(19,2)16-7-5-9-18(12-16)24-29(3,27)28/h4-12,19-20,24H,13-14H2,1-3H3. The number of carbonyl (C=O) groups is 1. The molecule has 2 aliphatic rings. The molecule has 2 unspecified atom stereocenters. The molecule has 1 aliphatic heterocycles. The number of amides is 1. The smallest absolute Gasteiger partial charge is 0.246 e. The van der Waals surface area contributed by atoms with Gasteiger partial charge in [-0.1, -0.05) is 25.1 Å². The van der Waals surface area contributed by atoms with Crippen LogP contribution in [0.15, 0.2) is 48.5 Å². The SMILES string of the molecule is Cc1cccc(C=CC(=O)N2CC3C(C2)C3(C)c2cccc(NS(C)(=O)=O)c2)n1. The van der Waals surface area contributed by atoms with E-state index in [4.69, 9.17) is 0 Å². The van der Waals surface area contributed by atoms with Crippen molar-refractivity contribution in [1.29, 1.82) is 0 Å². The molecule has 2 aromatic rings. The summed E-state index contributed by atoms with van der Waals surface area (Å²) in [5.41, 5.74) is 3.38. The average Bonchev–Trinajstić information content (AvgIpc) is 3.01. The van der Waals surface area contributed by atoms with Gasteiger partial charge in [0.25, 0.3) is 0 Å². The summed E-state index contributed by atoms with van der Waals surface area (Å²) >= 11 is 0. The Balaban J connectivity index is 1.42. The molecule has 1 saturated carbocycles. The molecule has 152 valence electrons. The second-order valence-electron chi connectivity index (χ2n) is 8.23. The maximum atomic E-state index is 12.6. The highest BCUT2D eigenvalue weighted by Gasteiger charge is 2.66. The maximum Gasteiger partial charge on any atom is 0.246 e. The molecule has 7 heteroatoms. The van der Waals surface area contributed by atoms with Gasteiger partial charge in [0.05, 0.1) is 11.9 Å². The average molecular weight is 412 g/mol. The van der Waals surface area contributed by atoms with Crippen LogP contribution in [-0.4, -0.2) is 43.6 Å². The molecule has 2 heterocycles. The number of rotatable bonds is 5. The van der Waals surface area contributed by atoms with Crippen molar-refractivity contribution in [1.82, 2.24) is 9.88 Å². The minimum absolute atomic E-state index is 0.00958. The molecule has 0 bridgehead atoms. The lowest BCUT2D eigenvalue weighted by Crippen LogP contribution is -2.33. The van der Waals surface area contributed by atoms with Crippen molar-refractivity contribution in [3.63, 3.8) is 0 Å². The normalized spacial score (nSPS) is 25.8. The number of sulfonamides is 1. The zero-order valence-corrected chi connectivity index (χ0v) is 17.6. The number of hydrogen-bond acceptors (Lipinski definition) is 4. The molecule has 0 spiro atoms. The second kappa shape index (κ2) is 6.99. The number of carbonyl (C=O) groups excluding carboxylic acids is 1. The number of aryl methyl sites for hydroxylation is 1. The van der Waals surface area contributed by atoms with Crippen LogP contribution in [0.1, 0.15) is 23.9 Å². The van der Waals surface area contributed by atoms with E-state index in [1.54, 1.807) is 18.2 Å². The Morgan fingerprint density at radius 2 is 1.90 bits per heavy atom. The van der Waals surface area contributed by atoms with Crippen molar-refractivity contribution in [2.45, 2.75) is 19.3 Å². The lowest BCUT2D eigenvalue weighted by atomic mass is 9.92. The maximum absolute atomic E-state index is 12.6. The fraction of sp³-hybridized carbons (Fsp3) is 0.364. The van der Waals surface area contributed by atoms with E-state index in [0.717, 1.165) is 36.3 Å². The molecular formula is C22H25N3O3S. The van der Waals surface area contributed by atoms with E-state index in [9.17, 15) is 13.2 Å². The van der Waals surface area contributed by atoms with Crippen LogP contribution in [0.2, 0.25) is 0 Å². The van der Waals surface area contributed by atoms with Crippen LogP contribution < -0.4 is 4.72 Å². The Morgan fingerprint density at radius 3 is 2.55 bits per heavy atom. The molecule has 1 N–H and O–H groups in total. The lowest BCUT2D eigenvalue weighted by Gasteiger charge is -2.24. The van der Waals surface area contributed by atoms with Gasteiger partial charge in [-0.25, -0.2) is 8.42 Å². The van der Waals surface area contributed by atoms with Crippen molar-refractivity contribution in [3.05, 3.63) is 65.5 Å². The number of hydrogen-bond donors (Lipinski definition) is 1. The van der Waals surface area contributed by atoms with Crippen molar-refractivity contribution in [2.24, 2.45) is 11.8 Å². The van der Waals surface area contributed by atoms with Crippen LogP contribution in [0, 0.1) is 18.8 Å². The van der Waals surface area contributed by atoms with Crippen LogP contribution >= 0.6 is 0 Å². The van der Waals surface area contributed by atoms with Gasteiger partial charge in [0.2, 0.25) is 15.9 Å². The number of nitrogens with zero attached hydrogens (tertiary/aromatic N) is 2. The lowest BCUT2D eigenvalue weighted by molar-refractivity contribution is -0.125. The molecular weight excluding hydrogens is 386 g/mol. The van der Waals surface area contributed by atoms with Crippen LogP contribution in [0.3, 0.4) is 0 Å². The zero-order valence-electron chi connectivity index (χ0n) is 16.8. The molecule has 2 fully saturated rings. The minimum atomic E-state index is -3.31. The van der Waals surface area contributed by atoms with E-state index in [1.807, 2.05) is 48.2 Å². The quantitative estimate of drug-likeness (QED) is 0.768. The first kappa shape index (κ1) is 19.6. The Morgan fingerprint density at radius 1 is 1.21 bits per heavy atom. The molecule has 1 amide bonds. The Bertz CT molecular complexity index is 1080. The van der Waals surface area contributed by atoms with Gasteiger partial charge in [-0.05, 0) is 54.7 Å². The molecule has 29 heavy (non-hydrogen) atoms. The number of benzene rings is 1. The largest absolute Gasteiger partial charge is 0.339 e. The third kappa shape index (κ3) is 3.92. The van der Waals surface area contributed by atoms with E-state index >= 15 is 0 Å². The fourth-order valence-electron chi connectivity index (χ4n) is 4.54. The van der Waals surface area contributed by atoms with Crippen molar-refractivity contribution in [2.75, 3.05) is 24.1 Å². The van der Waals surface area contributed by atoms with Gasteiger partial charge >= 0.3 is 0 Å². The number of piperidine rings is 1. The van der Waals surface area contributed by atoms with Crippen molar-refractivity contribution < 1.29 is 13.2 Å². The number of pyridine rings is 1. The molecule has 0 radical (unpaired) electrons. The minimum Gasteiger partial charge on any atom is -0.339 e. The monoisotopic (exact) mass is 411 g/mol. The molecule has 4 rings (SSSR count). The molecule has 1 aliphatic carbocycles. The predicted octanol–water partition coefficient (Wildman–Crippen LogP) is 2.82. The molecule has 1 aromatic carbocycles. The molecule has 2 atom stereocenters. The topological polar surface area (TPSA) is 79.4 Å². The number of likely N-dealkylation sites (tertiary alicyclic amines) is 1. The fourth-order valence-corrected chi connectivity index (χ4v) is 5.10. The Hall–Kier alpha value is -2.67. The number of aromatic nitrogens is 1. The van der Waals surface area contributed by atoms with Gasteiger partial charge in [-0.15, -0.1) is 0 Å². The first-order valence-electron chi connectivity index (χ1n) is 9.66. The number of anilines is 1.